The number of carbonyl (C=O) groups is 6. The van der Waals surface area contributed by atoms with Gasteiger partial charge in [0.05, 0.1) is 19.1 Å². The van der Waals surface area contributed by atoms with Crippen LogP contribution in [0, 0.1) is 0 Å². The lowest BCUT2D eigenvalue weighted by Gasteiger charge is -2.21. The molecule has 13 nitrogen and oxygen atoms in total. The van der Waals surface area contributed by atoms with Crippen LogP contribution in [-0.2, 0) is 41.6 Å². The van der Waals surface area contributed by atoms with Crippen molar-refractivity contribution >= 4 is 35.4 Å². The van der Waals surface area contributed by atoms with Gasteiger partial charge in [0.15, 0.2) is 0 Å². The van der Waals surface area contributed by atoms with Crippen LogP contribution in [0.4, 0.5) is 0 Å². The van der Waals surface area contributed by atoms with Crippen LogP contribution in [0.15, 0.2) is 60.7 Å². The number of nitrogens with two attached hydrogens (primary N) is 1. The summed E-state index contributed by atoms with van der Waals surface area (Å²) in [6.45, 7) is -0.508. The van der Waals surface area contributed by atoms with Crippen LogP contribution in [0.3, 0.4) is 0 Å². The van der Waals surface area contributed by atoms with Gasteiger partial charge in [0.2, 0.25) is 35.4 Å². The fourth-order valence-electron chi connectivity index (χ4n) is 3.84. The molecule has 8 N–H and O–H groups in total. The lowest BCUT2D eigenvalue weighted by molar-refractivity contribution is -0.131. The molecular weight excluding hydrogens is 542 g/mol. The fraction of sp³-hybridized carbons (Fsp3) is 0.379. The smallest absolute Gasteiger partial charge is 0.243 e. The molecule has 0 aliphatic heterocycles. The summed E-state index contributed by atoms with van der Waals surface area (Å²) in [6.07, 6.45) is 0.110. The normalized spacial score (nSPS) is 12.5. The molecule has 13 heteroatoms. The Bertz CT molecular complexity index is 1210. The summed E-state index contributed by atoms with van der Waals surface area (Å²) in [6, 6.07) is 15.0. The average molecular weight is 582 g/mol. The summed E-state index contributed by atoms with van der Waals surface area (Å²) >= 11 is 0. The Kier molecular flexibility index (Phi) is 14.2. The predicted octanol–water partition coefficient (Wildman–Crippen LogP) is -1.73. The van der Waals surface area contributed by atoms with Gasteiger partial charge in [0.25, 0.3) is 0 Å². The lowest BCUT2D eigenvalue weighted by atomic mass is 10.0. The summed E-state index contributed by atoms with van der Waals surface area (Å²) in [7, 11) is 2.88. The Labute approximate surface area is 244 Å². The quantitative estimate of drug-likeness (QED) is 0.122. The zero-order chi connectivity index (χ0) is 30.9. The Hall–Kier alpha value is -4.78. The van der Waals surface area contributed by atoms with Crippen molar-refractivity contribution in [3.8, 4) is 0 Å². The lowest BCUT2D eigenvalue weighted by Crippen LogP contribution is -2.54. The molecule has 0 saturated heterocycles. The molecular formula is C29H39N7O6. The van der Waals surface area contributed by atoms with Crippen LogP contribution >= 0.6 is 0 Å². The predicted molar refractivity (Wildman–Crippen MR) is 156 cm³/mol. The Morgan fingerprint density at radius 1 is 0.619 bits per heavy atom. The van der Waals surface area contributed by atoms with Gasteiger partial charge >= 0.3 is 0 Å². The molecule has 226 valence electrons. The van der Waals surface area contributed by atoms with Crippen LogP contribution in [0.5, 0.6) is 0 Å². The third-order valence-corrected chi connectivity index (χ3v) is 6.27. The van der Waals surface area contributed by atoms with E-state index in [1.165, 1.54) is 14.1 Å². The van der Waals surface area contributed by atoms with Gasteiger partial charge in [-0.15, -0.1) is 0 Å². The molecule has 0 bridgehead atoms. The summed E-state index contributed by atoms with van der Waals surface area (Å²) < 4.78 is 0. The maximum Gasteiger partial charge on any atom is 0.243 e. The van der Waals surface area contributed by atoms with Gasteiger partial charge in [0.1, 0.15) is 12.1 Å². The van der Waals surface area contributed by atoms with Gasteiger partial charge in [-0.05, 0) is 17.5 Å². The highest BCUT2D eigenvalue weighted by atomic mass is 16.2. The van der Waals surface area contributed by atoms with Crippen molar-refractivity contribution in [3.63, 3.8) is 0 Å². The Morgan fingerprint density at radius 3 is 1.48 bits per heavy atom. The van der Waals surface area contributed by atoms with E-state index in [4.69, 9.17) is 5.73 Å². The number of benzene rings is 2. The van der Waals surface area contributed by atoms with Crippen molar-refractivity contribution in [2.45, 2.75) is 43.8 Å². The van der Waals surface area contributed by atoms with Crippen molar-refractivity contribution in [1.29, 1.82) is 0 Å². The molecule has 3 unspecified atom stereocenters. The highest BCUT2D eigenvalue weighted by Crippen LogP contribution is 2.07. The molecule has 0 fully saturated rings. The first-order valence-corrected chi connectivity index (χ1v) is 13.5. The topological polar surface area (TPSA) is 201 Å². The molecule has 0 aliphatic rings. The van der Waals surface area contributed by atoms with E-state index >= 15 is 0 Å². The molecule has 0 heterocycles. The zero-order valence-corrected chi connectivity index (χ0v) is 23.8. The van der Waals surface area contributed by atoms with E-state index in [0.717, 1.165) is 11.1 Å². The van der Waals surface area contributed by atoms with Crippen molar-refractivity contribution in [3.05, 3.63) is 71.8 Å². The highest BCUT2D eigenvalue weighted by molar-refractivity contribution is 5.93. The SMILES string of the molecule is CNC(=O)CNC(=O)C(Cc1ccccc1)NC(=O)CCC(N)C(=O)NC(Cc1ccccc1)C(=O)NCC(=O)NC. The number of likely N-dealkylation sites (N-methyl/N-ethyl adjacent to an activating group) is 2. The molecule has 2 aromatic carbocycles. The minimum Gasteiger partial charge on any atom is -0.358 e. The number of hydrogen-bond acceptors (Lipinski definition) is 7. The van der Waals surface area contributed by atoms with E-state index in [1.807, 2.05) is 24.3 Å². The summed E-state index contributed by atoms with van der Waals surface area (Å²) in [5, 5.41) is 15.1. The van der Waals surface area contributed by atoms with Gasteiger partial charge in [-0.25, -0.2) is 0 Å². The van der Waals surface area contributed by atoms with Gasteiger partial charge in [-0.2, -0.15) is 0 Å². The van der Waals surface area contributed by atoms with E-state index in [2.05, 4.69) is 31.9 Å². The van der Waals surface area contributed by atoms with E-state index in [0.29, 0.717) is 0 Å². The Balaban J connectivity index is 1.99. The van der Waals surface area contributed by atoms with Crippen LogP contribution in [-0.4, -0.2) is 80.8 Å². The van der Waals surface area contributed by atoms with Crippen molar-refractivity contribution in [2.24, 2.45) is 5.73 Å². The van der Waals surface area contributed by atoms with Crippen molar-refractivity contribution < 1.29 is 28.8 Å². The molecule has 0 aliphatic carbocycles. The van der Waals surface area contributed by atoms with E-state index in [-0.39, 0.29) is 38.8 Å². The van der Waals surface area contributed by atoms with Gasteiger partial charge in [0, 0.05) is 33.4 Å². The second kappa shape index (κ2) is 17.8. The molecule has 0 radical (unpaired) electrons. The van der Waals surface area contributed by atoms with E-state index < -0.39 is 53.6 Å². The molecule has 2 rings (SSSR count). The summed E-state index contributed by atoms with van der Waals surface area (Å²) in [5.41, 5.74) is 7.63. The van der Waals surface area contributed by atoms with Crippen LogP contribution < -0.4 is 37.6 Å². The van der Waals surface area contributed by atoms with E-state index in [9.17, 15) is 28.8 Å². The van der Waals surface area contributed by atoms with Gasteiger partial charge < -0.3 is 37.6 Å². The molecule has 6 amide bonds. The minimum atomic E-state index is -1.13. The van der Waals surface area contributed by atoms with Crippen molar-refractivity contribution in [1.82, 2.24) is 31.9 Å². The average Bonchev–Trinajstić information content (AvgIpc) is 3.01. The minimum absolute atomic E-state index is 0.0620. The molecule has 42 heavy (non-hydrogen) atoms. The standard InChI is InChI=1S/C29H39N7O6/c1-31-25(38)17-33-28(41)22(15-19-9-5-3-6-10-19)35-24(37)14-13-21(30)27(40)36-23(16-20-11-7-4-8-12-20)29(42)34-18-26(39)32-2/h3-12,21-23H,13-18,30H2,1-2H3,(H,31,38)(H,32,39)(H,33,41)(H,34,42)(H,35,37)(H,36,40). The van der Waals surface area contributed by atoms with Crippen LogP contribution in [0.25, 0.3) is 0 Å². The number of hydrogen-bond donors (Lipinski definition) is 7. The third kappa shape index (κ3) is 12.2. The number of nitrogens with one attached hydrogen (secondary N) is 6. The highest BCUT2D eigenvalue weighted by Gasteiger charge is 2.26. The Morgan fingerprint density at radius 2 is 1.05 bits per heavy atom. The maximum absolute atomic E-state index is 12.9. The van der Waals surface area contributed by atoms with E-state index in [1.54, 1.807) is 36.4 Å². The first-order chi connectivity index (χ1) is 20.1. The first-order valence-electron chi connectivity index (χ1n) is 13.5. The van der Waals surface area contributed by atoms with Crippen molar-refractivity contribution in [2.75, 3.05) is 27.2 Å². The largest absolute Gasteiger partial charge is 0.358 e. The summed E-state index contributed by atoms with van der Waals surface area (Å²) in [4.78, 5) is 74.3. The third-order valence-electron chi connectivity index (χ3n) is 6.27. The summed E-state index contributed by atoms with van der Waals surface area (Å²) in [5.74, 6) is -3.06. The van der Waals surface area contributed by atoms with Crippen LogP contribution in [0.2, 0.25) is 0 Å². The second-order valence-corrected chi connectivity index (χ2v) is 9.49. The first kappa shape index (κ1) is 33.4. The number of amides is 6. The number of rotatable bonds is 16. The molecule has 3 atom stereocenters. The van der Waals surface area contributed by atoms with Crippen LogP contribution in [0.1, 0.15) is 24.0 Å². The molecule has 2 aromatic rings. The van der Waals surface area contributed by atoms with Gasteiger partial charge in [-0.1, -0.05) is 60.7 Å². The molecule has 0 spiro atoms. The maximum atomic E-state index is 12.9. The monoisotopic (exact) mass is 581 g/mol. The molecule has 0 aromatic heterocycles. The zero-order valence-electron chi connectivity index (χ0n) is 23.8. The number of carbonyl (C=O) groups excluding carboxylic acids is 6. The fourth-order valence-corrected chi connectivity index (χ4v) is 3.84. The second-order valence-electron chi connectivity index (χ2n) is 9.49. The van der Waals surface area contributed by atoms with Gasteiger partial charge in [-0.3, -0.25) is 28.8 Å². The molecule has 0 saturated carbocycles.